The molecule has 0 bridgehead atoms. The van der Waals surface area contributed by atoms with Gasteiger partial charge in [-0.25, -0.2) is 0 Å². The van der Waals surface area contributed by atoms with Crippen molar-refractivity contribution in [3.63, 3.8) is 0 Å². The Hall–Kier alpha value is -4.34. The molecule has 35 heavy (non-hydrogen) atoms. The number of hydrogen-bond acceptors (Lipinski definition) is 7. The van der Waals surface area contributed by atoms with Crippen molar-refractivity contribution < 1.29 is 24.0 Å². The molecular weight excluding hydrogens is 452 g/mol. The van der Waals surface area contributed by atoms with Crippen molar-refractivity contribution in [1.82, 2.24) is 9.88 Å². The van der Waals surface area contributed by atoms with Crippen molar-refractivity contribution in [3.8, 4) is 5.75 Å². The van der Waals surface area contributed by atoms with Gasteiger partial charge in [-0.3, -0.25) is 34.4 Å². The van der Waals surface area contributed by atoms with Crippen molar-refractivity contribution in [2.45, 2.75) is 32.7 Å². The molecule has 180 valence electrons. The van der Waals surface area contributed by atoms with Gasteiger partial charge in [0.1, 0.15) is 5.52 Å². The summed E-state index contributed by atoms with van der Waals surface area (Å²) in [6, 6.07) is 11.0. The van der Waals surface area contributed by atoms with Crippen LogP contribution in [0.4, 0.5) is 11.4 Å². The molecule has 2 heterocycles. The van der Waals surface area contributed by atoms with Crippen LogP contribution in [0.15, 0.2) is 48.7 Å². The summed E-state index contributed by atoms with van der Waals surface area (Å²) in [5.41, 5.74) is 1.27. The molecule has 0 fully saturated rings. The highest BCUT2D eigenvalue weighted by atomic mass is 16.6. The molecule has 1 aliphatic heterocycles. The van der Waals surface area contributed by atoms with Crippen LogP contribution in [0.25, 0.3) is 10.9 Å². The minimum atomic E-state index is -0.532. The molecule has 0 saturated heterocycles. The first-order valence-corrected chi connectivity index (χ1v) is 11.1. The number of aromatic nitrogens is 1. The number of imide groups is 1. The fraction of sp³-hybridized carbons (Fsp3) is 0.280. The number of nitrogens with zero attached hydrogens (tertiary/aromatic N) is 4. The second kappa shape index (κ2) is 9.49. The Balaban J connectivity index is 1.59. The zero-order chi connectivity index (χ0) is 25.3. The molecule has 1 unspecified atom stereocenters. The Morgan fingerprint density at radius 2 is 1.83 bits per heavy atom. The lowest BCUT2D eigenvalue weighted by Gasteiger charge is -2.29. The highest BCUT2D eigenvalue weighted by molar-refractivity contribution is 6.21. The van der Waals surface area contributed by atoms with E-state index in [-0.39, 0.29) is 47.1 Å². The summed E-state index contributed by atoms with van der Waals surface area (Å²) in [7, 11) is 1.33. The predicted molar refractivity (Wildman–Crippen MR) is 129 cm³/mol. The molecule has 2 aromatic carbocycles. The number of benzene rings is 2. The summed E-state index contributed by atoms with van der Waals surface area (Å²) in [6.07, 6.45) is 2.44. The van der Waals surface area contributed by atoms with Gasteiger partial charge in [0.05, 0.1) is 34.2 Å². The molecule has 1 aromatic heterocycles. The molecule has 0 spiro atoms. The van der Waals surface area contributed by atoms with Crippen LogP contribution >= 0.6 is 0 Å². The monoisotopic (exact) mass is 476 g/mol. The fourth-order valence-corrected chi connectivity index (χ4v) is 4.56. The van der Waals surface area contributed by atoms with Gasteiger partial charge in [0.2, 0.25) is 5.91 Å². The lowest BCUT2D eigenvalue weighted by molar-refractivity contribution is -0.383. The average Bonchev–Trinajstić information content (AvgIpc) is 3.08. The van der Waals surface area contributed by atoms with Crippen LogP contribution in [0.3, 0.4) is 0 Å². The normalized spacial score (nSPS) is 13.6. The van der Waals surface area contributed by atoms with Crippen LogP contribution in [0.5, 0.6) is 5.75 Å². The summed E-state index contributed by atoms with van der Waals surface area (Å²) >= 11 is 0. The Kier molecular flexibility index (Phi) is 6.46. The number of nitro benzene ring substituents is 1. The van der Waals surface area contributed by atoms with Gasteiger partial charge in [0.25, 0.3) is 11.8 Å². The molecule has 3 amide bonds. The number of methoxy groups -OCH3 is 1. The second-order valence-electron chi connectivity index (χ2n) is 8.29. The summed E-state index contributed by atoms with van der Waals surface area (Å²) in [5.74, 6) is -0.898. The fourth-order valence-electron chi connectivity index (χ4n) is 4.56. The van der Waals surface area contributed by atoms with Gasteiger partial charge in [-0.05, 0) is 44.0 Å². The molecule has 3 aromatic rings. The lowest BCUT2D eigenvalue weighted by atomic mass is 10.1. The van der Waals surface area contributed by atoms with Crippen LogP contribution in [0.2, 0.25) is 0 Å². The largest absolute Gasteiger partial charge is 0.490 e. The number of rotatable bonds is 8. The summed E-state index contributed by atoms with van der Waals surface area (Å²) in [4.78, 5) is 56.2. The molecule has 10 heteroatoms. The molecule has 0 N–H and O–H groups in total. The van der Waals surface area contributed by atoms with E-state index in [1.54, 1.807) is 36.4 Å². The van der Waals surface area contributed by atoms with Crippen LogP contribution in [-0.4, -0.2) is 52.2 Å². The van der Waals surface area contributed by atoms with E-state index in [4.69, 9.17) is 4.74 Å². The first kappa shape index (κ1) is 23.8. The predicted octanol–water partition coefficient (Wildman–Crippen LogP) is 3.97. The van der Waals surface area contributed by atoms with Crippen molar-refractivity contribution in [2.24, 2.45) is 0 Å². The first-order valence-electron chi connectivity index (χ1n) is 11.1. The molecule has 4 rings (SSSR count). The van der Waals surface area contributed by atoms with Gasteiger partial charge >= 0.3 is 5.69 Å². The maximum absolute atomic E-state index is 12.7. The first-order chi connectivity index (χ1) is 16.8. The molecule has 0 radical (unpaired) electrons. The SMILES string of the molecule is COc1cc(N(C(C)=O)C(C)CCCN2C(=O)c3ccccc3C2=O)c2ncccc2c1[N+](=O)[O-]. The molecular formula is C25H24N4O6. The lowest BCUT2D eigenvalue weighted by Crippen LogP contribution is -2.38. The van der Waals surface area contributed by atoms with Crippen molar-refractivity contribution in [3.05, 3.63) is 69.9 Å². The number of fused-ring (bicyclic) bond motifs is 2. The Morgan fingerprint density at radius 1 is 1.17 bits per heavy atom. The maximum atomic E-state index is 12.7. The van der Waals surface area contributed by atoms with Gasteiger partial charge < -0.3 is 9.64 Å². The number of amides is 3. The zero-order valence-corrected chi connectivity index (χ0v) is 19.6. The van der Waals surface area contributed by atoms with E-state index in [0.717, 1.165) is 0 Å². The van der Waals surface area contributed by atoms with Crippen LogP contribution in [-0.2, 0) is 4.79 Å². The molecule has 1 atom stereocenters. The average molecular weight is 476 g/mol. The highest BCUT2D eigenvalue weighted by Gasteiger charge is 2.35. The number of ether oxygens (including phenoxy) is 1. The number of anilines is 1. The van der Waals surface area contributed by atoms with Gasteiger partial charge in [-0.2, -0.15) is 0 Å². The third-order valence-corrected chi connectivity index (χ3v) is 6.13. The van der Waals surface area contributed by atoms with E-state index in [9.17, 15) is 24.5 Å². The third kappa shape index (κ3) is 4.18. The summed E-state index contributed by atoms with van der Waals surface area (Å²) in [5, 5.41) is 12.0. The number of nitro groups is 1. The van der Waals surface area contributed by atoms with Gasteiger partial charge in [0.15, 0.2) is 5.75 Å². The van der Waals surface area contributed by atoms with E-state index >= 15 is 0 Å². The smallest absolute Gasteiger partial charge is 0.320 e. The van der Waals surface area contributed by atoms with Crippen molar-refractivity contribution >= 4 is 40.0 Å². The van der Waals surface area contributed by atoms with E-state index in [2.05, 4.69) is 4.98 Å². The number of carbonyl (C=O) groups is 3. The quantitative estimate of drug-likeness (QED) is 0.274. The molecule has 0 aliphatic carbocycles. The molecule has 0 saturated carbocycles. The minimum Gasteiger partial charge on any atom is -0.490 e. The van der Waals surface area contributed by atoms with E-state index in [1.165, 1.54) is 36.1 Å². The van der Waals surface area contributed by atoms with Gasteiger partial charge in [-0.15, -0.1) is 0 Å². The van der Waals surface area contributed by atoms with Gasteiger partial charge in [-0.1, -0.05) is 12.1 Å². The van der Waals surface area contributed by atoms with Crippen LogP contribution in [0.1, 0.15) is 47.4 Å². The Morgan fingerprint density at radius 3 is 2.40 bits per heavy atom. The third-order valence-electron chi connectivity index (χ3n) is 6.13. The van der Waals surface area contributed by atoms with Gasteiger partial charge in [0, 0.05) is 31.8 Å². The Bertz CT molecular complexity index is 1320. The number of carbonyl (C=O) groups excluding carboxylic acids is 3. The molecule has 1 aliphatic rings. The van der Waals surface area contributed by atoms with Crippen LogP contribution in [0, 0.1) is 10.1 Å². The standard InChI is InChI=1S/C25H24N4O6/c1-15(8-7-13-27-24(31)17-9-4-5-10-18(17)25(27)32)28(16(2)30)20-14-21(35-3)23(29(33)34)19-11-6-12-26-22(19)20/h4-6,9-12,14-15H,7-8,13H2,1-3H3. The second-order valence-corrected chi connectivity index (χ2v) is 8.29. The minimum absolute atomic E-state index is 0.0231. The summed E-state index contributed by atoms with van der Waals surface area (Å²) < 4.78 is 5.28. The molecule has 10 nitrogen and oxygen atoms in total. The van der Waals surface area contributed by atoms with Crippen molar-refractivity contribution in [2.75, 3.05) is 18.6 Å². The van der Waals surface area contributed by atoms with E-state index in [1.807, 2.05) is 6.92 Å². The zero-order valence-electron chi connectivity index (χ0n) is 19.6. The topological polar surface area (TPSA) is 123 Å². The number of hydrogen-bond donors (Lipinski definition) is 0. The Labute approximate surface area is 201 Å². The van der Waals surface area contributed by atoms with E-state index < -0.39 is 4.92 Å². The van der Waals surface area contributed by atoms with Crippen molar-refractivity contribution in [1.29, 1.82) is 0 Å². The van der Waals surface area contributed by atoms with Crippen LogP contribution < -0.4 is 9.64 Å². The summed E-state index contributed by atoms with van der Waals surface area (Å²) in [6.45, 7) is 3.46. The highest BCUT2D eigenvalue weighted by Crippen LogP contribution is 2.41. The van der Waals surface area contributed by atoms with E-state index in [0.29, 0.717) is 35.2 Å². The number of pyridine rings is 1. The maximum Gasteiger partial charge on any atom is 0.320 e.